The Morgan fingerprint density at radius 3 is 1.77 bits per heavy atom. The van der Waals surface area contributed by atoms with Crippen LogP contribution < -0.4 is 10.9 Å². The molecule has 0 saturated heterocycles. The molecule has 0 unspecified atom stereocenters. The van der Waals surface area contributed by atoms with E-state index < -0.39 is 41.9 Å². The van der Waals surface area contributed by atoms with Gasteiger partial charge in [-0.15, -0.1) is 0 Å². The number of aryl methyl sites for hydroxylation is 2. The number of esters is 2. The number of carbonyl (C=O) groups is 5. The summed E-state index contributed by atoms with van der Waals surface area (Å²) in [5.41, 5.74) is 5.39. The third kappa shape index (κ3) is 7.79. The van der Waals surface area contributed by atoms with Gasteiger partial charge in [-0.25, -0.2) is 14.4 Å². The molecule has 0 heterocycles. The summed E-state index contributed by atoms with van der Waals surface area (Å²) in [6.07, 6.45) is -4.48. The lowest BCUT2D eigenvalue weighted by atomic mass is 10.1. The highest BCUT2D eigenvalue weighted by molar-refractivity contribution is 6.36. The first-order valence-electron chi connectivity index (χ1n) is 11.3. The molecule has 202 valence electrons. The molecular weight excluding hydrogens is 551 g/mol. The number of hydrogen-bond acceptors (Lipinski definition) is 7. The van der Waals surface area contributed by atoms with E-state index in [9.17, 15) is 29.1 Å². The minimum atomic E-state index is -2.28. The van der Waals surface area contributed by atoms with Crippen LogP contribution in [-0.2, 0) is 19.1 Å². The molecule has 2 atom stereocenters. The molecule has 2 amide bonds. The van der Waals surface area contributed by atoms with Gasteiger partial charge in [-0.2, -0.15) is 0 Å². The minimum absolute atomic E-state index is 0.0103. The Balaban J connectivity index is 1.87. The molecule has 0 aliphatic heterocycles. The first kappa shape index (κ1) is 29.2. The van der Waals surface area contributed by atoms with E-state index in [2.05, 4.69) is 5.43 Å². The Hall–Kier alpha value is -4.41. The van der Waals surface area contributed by atoms with Gasteiger partial charge < -0.3 is 14.6 Å². The van der Waals surface area contributed by atoms with Crippen LogP contribution in [0.3, 0.4) is 0 Å². The molecule has 12 heteroatoms. The zero-order chi connectivity index (χ0) is 28.7. The summed E-state index contributed by atoms with van der Waals surface area (Å²) in [7, 11) is 0. The Morgan fingerprint density at radius 1 is 0.744 bits per heavy atom. The molecule has 3 N–H and O–H groups in total. The van der Waals surface area contributed by atoms with Crippen LogP contribution in [0.25, 0.3) is 0 Å². The second-order valence-corrected chi connectivity index (χ2v) is 9.14. The van der Waals surface area contributed by atoms with E-state index in [1.165, 1.54) is 42.5 Å². The number of carboxylic acid groups (broad SMARTS) is 1. The van der Waals surface area contributed by atoms with E-state index in [0.29, 0.717) is 11.1 Å². The SMILES string of the molecule is Cc1cccc(C(=O)O[C@@H](C(=O)O)[C@@H](OC(=O)c2cccc(C)c2)C(=O)NNC(=O)c2ccc(Cl)cc2Cl)c1. The summed E-state index contributed by atoms with van der Waals surface area (Å²) in [5.74, 6) is -6.09. The van der Waals surface area contributed by atoms with Gasteiger partial charge in [0, 0.05) is 5.02 Å². The summed E-state index contributed by atoms with van der Waals surface area (Å²) >= 11 is 11.8. The first-order valence-corrected chi connectivity index (χ1v) is 12.0. The fourth-order valence-electron chi connectivity index (χ4n) is 3.34. The highest BCUT2D eigenvalue weighted by Gasteiger charge is 2.41. The normalized spacial score (nSPS) is 12.0. The van der Waals surface area contributed by atoms with Gasteiger partial charge in [-0.05, 0) is 56.3 Å². The molecule has 0 radical (unpaired) electrons. The number of carboxylic acids is 1. The van der Waals surface area contributed by atoms with Crippen LogP contribution in [0.4, 0.5) is 0 Å². The van der Waals surface area contributed by atoms with Crippen molar-refractivity contribution in [1.29, 1.82) is 0 Å². The smallest absolute Gasteiger partial charge is 0.349 e. The van der Waals surface area contributed by atoms with Crippen LogP contribution in [0.5, 0.6) is 0 Å². The lowest BCUT2D eigenvalue weighted by Gasteiger charge is -2.23. The van der Waals surface area contributed by atoms with Gasteiger partial charge in [-0.1, -0.05) is 58.6 Å². The molecular formula is C27H22Cl2N2O8. The molecule has 0 saturated carbocycles. The standard InChI is InChI=1S/C27H22Cl2N2O8/c1-14-5-3-7-16(11-14)26(36)38-21(22(25(34)35)39-27(37)17-8-4-6-15(2)12-17)24(33)31-30-23(32)19-10-9-18(28)13-20(19)29/h3-13,21-22H,1-2H3,(H,30,32)(H,31,33)(H,34,35)/t21-,22-/m1/s1. The summed E-state index contributed by atoms with van der Waals surface area (Å²) in [6.45, 7) is 3.42. The monoisotopic (exact) mass is 572 g/mol. The second kappa shape index (κ2) is 12.9. The van der Waals surface area contributed by atoms with E-state index in [4.69, 9.17) is 32.7 Å². The number of nitrogens with one attached hydrogen (secondary N) is 2. The number of aliphatic carboxylic acids is 1. The Kier molecular flexibility index (Phi) is 9.64. The largest absolute Gasteiger partial charge is 0.478 e. The number of hydrazine groups is 1. The van der Waals surface area contributed by atoms with E-state index in [-0.39, 0.29) is 26.7 Å². The number of rotatable bonds is 8. The van der Waals surface area contributed by atoms with Crippen LogP contribution in [0.1, 0.15) is 42.2 Å². The Bertz CT molecular complexity index is 1440. The molecule has 0 aliphatic carbocycles. The molecule has 3 rings (SSSR count). The maximum absolute atomic E-state index is 13.1. The van der Waals surface area contributed by atoms with Gasteiger partial charge in [0.1, 0.15) is 0 Å². The molecule has 0 fully saturated rings. The Morgan fingerprint density at radius 2 is 1.28 bits per heavy atom. The topological polar surface area (TPSA) is 148 Å². The molecule has 3 aromatic rings. The van der Waals surface area contributed by atoms with Crippen molar-refractivity contribution in [1.82, 2.24) is 10.9 Å². The summed E-state index contributed by atoms with van der Waals surface area (Å²) in [5, 5.41) is 10.1. The van der Waals surface area contributed by atoms with Crippen molar-refractivity contribution in [2.24, 2.45) is 0 Å². The van der Waals surface area contributed by atoms with E-state index in [0.717, 1.165) is 0 Å². The van der Waals surface area contributed by atoms with Gasteiger partial charge in [0.15, 0.2) is 0 Å². The molecule has 0 aromatic heterocycles. The highest BCUT2D eigenvalue weighted by Crippen LogP contribution is 2.21. The second-order valence-electron chi connectivity index (χ2n) is 8.30. The average molecular weight is 573 g/mol. The maximum Gasteiger partial charge on any atom is 0.349 e. The fraction of sp³-hybridized carbons (Fsp3) is 0.148. The van der Waals surface area contributed by atoms with E-state index in [1.807, 2.05) is 5.43 Å². The zero-order valence-electron chi connectivity index (χ0n) is 20.6. The summed E-state index contributed by atoms with van der Waals surface area (Å²) in [6, 6.07) is 16.2. The van der Waals surface area contributed by atoms with Crippen LogP contribution in [0.2, 0.25) is 10.0 Å². The molecule has 3 aromatic carbocycles. The number of benzene rings is 3. The molecule has 0 bridgehead atoms. The third-order valence-electron chi connectivity index (χ3n) is 5.23. The summed E-state index contributed by atoms with van der Waals surface area (Å²) < 4.78 is 10.3. The van der Waals surface area contributed by atoms with Crippen molar-refractivity contribution in [2.75, 3.05) is 0 Å². The van der Waals surface area contributed by atoms with Gasteiger partial charge >= 0.3 is 17.9 Å². The van der Waals surface area contributed by atoms with Crippen molar-refractivity contribution >= 4 is 52.9 Å². The molecule has 0 aliphatic rings. The average Bonchev–Trinajstić information content (AvgIpc) is 2.88. The van der Waals surface area contributed by atoms with Crippen LogP contribution in [-0.4, -0.2) is 47.0 Å². The van der Waals surface area contributed by atoms with Crippen LogP contribution in [0.15, 0.2) is 66.7 Å². The van der Waals surface area contributed by atoms with Crippen molar-refractivity contribution in [3.05, 3.63) is 105 Å². The van der Waals surface area contributed by atoms with E-state index in [1.54, 1.807) is 38.1 Å². The van der Waals surface area contributed by atoms with Gasteiger partial charge in [-0.3, -0.25) is 20.4 Å². The minimum Gasteiger partial charge on any atom is -0.478 e. The van der Waals surface area contributed by atoms with Crippen molar-refractivity contribution in [2.45, 2.75) is 26.1 Å². The van der Waals surface area contributed by atoms with E-state index >= 15 is 0 Å². The number of hydrogen-bond donors (Lipinski definition) is 3. The zero-order valence-corrected chi connectivity index (χ0v) is 22.1. The molecule has 0 spiro atoms. The predicted octanol–water partition coefficient (Wildman–Crippen LogP) is 3.91. The fourth-order valence-corrected chi connectivity index (χ4v) is 3.83. The predicted molar refractivity (Wildman–Crippen MR) is 140 cm³/mol. The third-order valence-corrected chi connectivity index (χ3v) is 5.78. The maximum atomic E-state index is 13.1. The van der Waals surface area contributed by atoms with Crippen LogP contribution >= 0.6 is 23.2 Å². The number of halogens is 2. The highest BCUT2D eigenvalue weighted by atomic mass is 35.5. The Labute approximate surface area is 232 Å². The van der Waals surface area contributed by atoms with Crippen LogP contribution in [0, 0.1) is 13.8 Å². The van der Waals surface area contributed by atoms with Gasteiger partial charge in [0.2, 0.25) is 12.2 Å². The number of ether oxygens (including phenoxy) is 2. The quantitative estimate of drug-likeness (QED) is 0.272. The lowest BCUT2D eigenvalue weighted by Crippen LogP contribution is -2.54. The van der Waals surface area contributed by atoms with Gasteiger partial charge in [0.05, 0.1) is 21.7 Å². The first-order chi connectivity index (χ1) is 18.5. The molecule has 39 heavy (non-hydrogen) atoms. The lowest BCUT2D eigenvalue weighted by molar-refractivity contribution is -0.159. The summed E-state index contributed by atoms with van der Waals surface area (Å²) in [4.78, 5) is 63.2. The van der Waals surface area contributed by atoms with Crippen molar-refractivity contribution in [3.63, 3.8) is 0 Å². The van der Waals surface area contributed by atoms with Crippen molar-refractivity contribution in [3.8, 4) is 0 Å². The number of amides is 2. The number of carbonyl (C=O) groups excluding carboxylic acids is 4. The van der Waals surface area contributed by atoms with Crippen molar-refractivity contribution < 1.29 is 38.6 Å². The van der Waals surface area contributed by atoms with Gasteiger partial charge in [0.25, 0.3) is 11.8 Å². The molecule has 10 nitrogen and oxygen atoms in total.